The second-order valence-electron chi connectivity index (χ2n) is 6.56. The van der Waals surface area contributed by atoms with Crippen molar-refractivity contribution in [1.29, 1.82) is 0 Å². The lowest BCUT2D eigenvalue weighted by molar-refractivity contribution is -0.137. The third kappa shape index (κ3) is 4.30. The Hall–Kier alpha value is -2.54. The van der Waals surface area contributed by atoms with Gasteiger partial charge < -0.3 is 14.0 Å². The van der Waals surface area contributed by atoms with Gasteiger partial charge in [-0.05, 0) is 56.2 Å². The molecule has 0 bridgehead atoms. The van der Waals surface area contributed by atoms with Crippen molar-refractivity contribution in [3.05, 3.63) is 58.9 Å². The third-order valence-electron chi connectivity index (χ3n) is 4.73. The van der Waals surface area contributed by atoms with Gasteiger partial charge in [-0.15, -0.1) is 0 Å². The number of alkyl halides is 3. The molecule has 0 saturated heterocycles. The number of rotatable bonds is 7. The zero-order chi connectivity index (χ0) is 20.3. The summed E-state index contributed by atoms with van der Waals surface area (Å²) in [6, 6.07) is 9.39. The number of ether oxygens (including phenoxy) is 2. The van der Waals surface area contributed by atoms with E-state index in [1.165, 1.54) is 6.07 Å². The van der Waals surface area contributed by atoms with E-state index >= 15 is 0 Å². The van der Waals surface area contributed by atoms with Crippen LogP contribution < -0.4 is 4.74 Å². The van der Waals surface area contributed by atoms with Crippen LogP contribution in [0.2, 0.25) is 0 Å². The number of hydrogen-bond donors (Lipinski definition) is 0. The molecule has 150 valence electrons. The van der Waals surface area contributed by atoms with Crippen molar-refractivity contribution in [2.24, 2.45) is 0 Å². The molecular weight excluding hydrogens is 369 g/mol. The van der Waals surface area contributed by atoms with Crippen LogP contribution in [0.5, 0.6) is 5.75 Å². The Labute approximate surface area is 161 Å². The third-order valence-corrected chi connectivity index (χ3v) is 4.73. The summed E-state index contributed by atoms with van der Waals surface area (Å²) >= 11 is 0. The first kappa shape index (κ1) is 20.2. The Kier molecular flexibility index (Phi) is 5.93. The van der Waals surface area contributed by atoms with Crippen LogP contribution in [0, 0.1) is 13.8 Å². The molecule has 0 atom stereocenters. The number of nitrogens with zero attached hydrogens (tertiary/aromatic N) is 2. The predicted octanol–water partition coefficient (Wildman–Crippen LogP) is 5.29. The van der Waals surface area contributed by atoms with Gasteiger partial charge in [0.05, 0.1) is 23.2 Å². The molecule has 0 aliphatic rings. The first-order chi connectivity index (χ1) is 13.3. The van der Waals surface area contributed by atoms with Crippen molar-refractivity contribution in [3.63, 3.8) is 0 Å². The summed E-state index contributed by atoms with van der Waals surface area (Å²) in [7, 11) is 0. The Morgan fingerprint density at radius 1 is 1.11 bits per heavy atom. The van der Waals surface area contributed by atoms with Crippen molar-refractivity contribution < 1.29 is 22.6 Å². The smallest absolute Gasteiger partial charge is 0.416 e. The quantitative estimate of drug-likeness (QED) is 0.513. The molecule has 0 aliphatic heterocycles. The molecule has 0 amide bonds. The Morgan fingerprint density at radius 3 is 2.61 bits per heavy atom. The summed E-state index contributed by atoms with van der Waals surface area (Å²) in [5.41, 5.74) is 2.35. The van der Waals surface area contributed by atoms with Crippen molar-refractivity contribution in [1.82, 2.24) is 9.55 Å². The number of benzene rings is 2. The van der Waals surface area contributed by atoms with Gasteiger partial charge in [-0.2, -0.15) is 13.2 Å². The van der Waals surface area contributed by atoms with Crippen LogP contribution in [-0.2, 0) is 24.1 Å². The maximum absolute atomic E-state index is 13.0. The summed E-state index contributed by atoms with van der Waals surface area (Å²) in [6.07, 6.45) is -4.40. The molecule has 28 heavy (non-hydrogen) atoms. The van der Waals surface area contributed by atoms with E-state index in [1.807, 2.05) is 43.5 Å². The molecule has 2 aromatic carbocycles. The van der Waals surface area contributed by atoms with Gasteiger partial charge >= 0.3 is 6.18 Å². The second kappa shape index (κ2) is 8.22. The van der Waals surface area contributed by atoms with E-state index in [4.69, 9.17) is 9.47 Å². The number of hydrogen-bond acceptors (Lipinski definition) is 3. The molecule has 4 nitrogen and oxygen atoms in total. The molecule has 0 saturated carbocycles. The van der Waals surface area contributed by atoms with Crippen molar-refractivity contribution in [2.75, 3.05) is 13.2 Å². The highest BCUT2D eigenvalue weighted by Gasteiger charge is 2.31. The van der Waals surface area contributed by atoms with Gasteiger partial charge in [0.15, 0.2) is 0 Å². The van der Waals surface area contributed by atoms with Crippen molar-refractivity contribution in [2.45, 2.75) is 40.1 Å². The lowest BCUT2D eigenvalue weighted by Crippen LogP contribution is -2.12. The Bertz CT molecular complexity index is 964. The first-order valence-electron chi connectivity index (χ1n) is 9.14. The molecule has 1 aromatic heterocycles. The fraction of sp³-hybridized carbons (Fsp3) is 0.381. The van der Waals surface area contributed by atoms with Gasteiger partial charge in [-0.3, -0.25) is 0 Å². The number of fused-ring (bicyclic) bond motifs is 1. The van der Waals surface area contributed by atoms with Gasteiger partial charge in [0.2, 0.25) is 0 Å². The molecule has 3 rings (SSSR count). The summed E-state index contributed by atoms with van der Waals surface area (Å²) in [6.45, 7) is 7.52. The maximum Gasteiger partial charge on any atom is 0.416 e. The van der Waals surface area contributed by atoms with Crippen LogP contribution in [0.25, 0.3) is 11.0 Å². The molecule has 1 heterocycles. The minimum atomic E-state index is -4.40. The topological polar surface area (TPSA) is 36.3 Å². The maximum atomic E-state index is 13.0. The largest absolute Gasteiger partial charge is 0.485 e. The summed E-state index contributed by atoms with van der Waals surface area (Å²) < 4.78 is 52.3. The lowest BCUT2D eigenvalue weighted by Gasteiger charge is -2.13. The highest BCUT2D eigenvalue weighted by Crippen LogP contribution is 2.32. The molecule has 0 unspecified atom stereocenters. The van der Waals surface area contributed by atoms with Gasteiger partial charge in [0, 0.05) is 13.2 Å². The van der Waals surface area contributed by atoms with Crippen molar-refractivity contribution in [3.8, 4) is 5.75 Å². The Balaban J connectivity index is 1.94. The zero-order valence-electron chi connectivity index (χ0n) is 16.1. The zero-order valence-corrected chi connectivity index (χ0v) is 16.1. The SMILES string of the molecule is CCOCCn1c(COc2cccc(C)c2C)nc2cc(C(F)(F)F)ccc21. The molecule has 3 aromatic rings. The molecule has 0 fully saturated rings. The molecule has 0 radical (unpaired) electrons. The minimum absolute atomic E-state index is 0.159. The molecule has 7 heteroatoms. The van der Waals surface area contributed by atoms with E-state index in [2.05, 4.69) is 4.98 Å². The molecule has 0 aliphatic carbocycles. The average molecular weight is 392 g/mol. The standard InChI is InChI=1S/C21H23F3N2O2/c1-4-27-11-10-26-18-9-8-16(21(22,23)24)12-17(18)25-20(26)13-28-19-7-5-6-14(2)15(19)3/h5-9,12H,4,10-11,13H2,1-3H3. The van der Waals surface area contributed by atoms with E-state index in [1.54, 1.807) is 0 Å². The van der Waals surface area contributed by atoms with Gasteiger partial charge in [0.25, 0.3) is 0 Å². The second-order valence-corrected chi connectivity index (χ2v) is 6.56. The van der Waals surface area contributed by atoms with Crippen LogP contribution in [0.4, 0.5) is 13.2 Å². The summed E-state index contributed by atoms with van der Waals surface area (Å²) in [5, 5.41) is 0. The summed E-state index contributed by atoms with van der Waals surface area (Å²) in [4.78, 5) is 4.42. The molecule has 0 spiro atoms. The number of aromatic nitrogens is 2. The van der Waals surface area contributed by atoms with E-state index in [-0.39, 0.29) is 6.61 Å². The number of halogens is 3. The number of aryl methyl sites for hydroxylation is 1. The predicted molar refractivity (Wildman–Crippen MR) is 101 cm³/mol. The van der Waals surface area contributed by atoms with Crippen LogP contribution in [0.15, 0.2) is 36.4 Å². The van der Waals surface area contributed by atoms with Crippen LogP contribution in [0.1, 0.15) is 29.4 Å². The molecule has 0 N–H and O–H groups in total. The van der Waals surface area contributed by atoms with Gasteiger partial charge in [0.1, 0.15) is 18.2 Å². The fourth-order valence-corrected chi connectivity index (χ4v) is 3.04. The van der Waals surface area contributed by atoms with Crippen LogP contribution >= 0.6 is 0 Å². The highest BCUT2D eigenvalue weighted by molar-refractivity contribution is 5.77. The lowest BCUT2D eigenvalue weighted by atomic mass is 10.1. The van der Waals surface area contributed by atoms with Gasteiger partial charge in [-0.25, -0.2) is 4.98 Å². The van der Waals surface area contributed by atoms with Crippen molar-refractivity contribution >= 4 is 11.0 Å². The van der Waals surface area contributed by atoms with Crippen LogP contribution in [-0.4, -0.2) is 22.8 Å². The normalized spacial score (nSPS) is 11.9. The highest BCUT2D eigenvalue weighted by atomic mass is 19.4. The van der Waals surface area contributed by atoms with Crippen LogP contribution in [0.3, 0.4) is 0 Å². The van der Waals surface area contributed by atoms with E-state index in [9.17, 15) is 13.2 Å². The summed E-state index contributed by atoms with van der Waals surface area (Å²) in [5.74, 6) is 1.30. The fourth-order valence-electron chi connectivity index (χ4n) is 3.04. The van der Waals surface area contributed by atoms with E-state index in [0.717, 1.165) is 29.0 Å². The van der Waals surface area contributed by atoms with Gasteiger partial charge in [-0.1, -0.05) is 12.1 Å². The number of imidazole rings is 1. The molecular formula is C21H23F3N2O2. The minimum Gasteiger partial charge on any atom is -0.485 e. The van der Waals surface area contributed by atoms with E-state index < -0.39 is 11.7 Å². The first-order valence-corrected chi connectivity index (χ1v) is 9.14. The van der Waals surface area contributed by atoms with E-state index in [0.29, 0.717) is 36.6 Å². The average Bonchev–Trinajstić information content (AvgIpc) is 2.99. The Morgan fingerprint density at radius 2 is 1.89 bits per heavy atom. The monoisotopic (exact) mass is 392 g/mol.